The van der Waals surface area contributed by atoms with E-state index in [4.69, 9.17) is 0 Å². The molecule has 24 heavy (non-hydrogen) atoms. The van der Waals surface area contributed by atoms with Crippen molar-refractivity contribution in [3.8, 4) is 0 Å². The number of aromatic nitrogens is 1. The molecule has 0 atom stereocenters. The highest BCUT2D eigenvalue weighted by atomic mass is 16.2. The monoisotopic (exact) mass is 325 g/mol. The molecular formula is C21H29N2O+. The van der Waals surface area contributed by atoms with Crippen molar-refractivity contribution in [1.82, 2.24) is 5.32 Å². The molecule has 1 aromatic heterocycles. The average molecular weight is 325 g/mol. The van der Waals surface area contributed by atoms with E-state index in [1.54, 1.807) is 0 Å². The largest absolute Gasteiger partial charge is 0.345 e. The van der Waals surface area contributed by atoms with E-state index < -0.39 is 0 Å². The first-order valence-electron chi connectivity index (χ1n) is 9.99. The molecule has 0 spiro atoms. The van der Waals surface area contributed by atoms with Crippen LogP contribution >= 0.6 is 0 Å². The van der Waals surface area contributed by atoms with Crippen LogP contribution in [0.5, 0.6) is 0 Å². The van der Waals surface area contributed by atoms with Gasteiger partial charge in [0.2, 0.25) is 6.54 Å². The molecule has 1 amide bonds. The second-order valence-electron chi connectivity index (χ2n) is 9.12. The van der Waals surface area contributed by atoms with Gasteiger partial charge in [-0.05, 0) is 87.5 Å². The second-order valence-corrected chi connectivity index (χ2v) is 9.12. The van der Waals surface area contributed by atoms with E-state index >= 15 is 0 Å². The van der Waals surface area contributed by atoms with Crippen LogP contribution in [0.4, 0.5) is 0 Å². The van der Waals surface area contributed by atoms with Crippen molar-refractivity contribution < 1.29 is 9.36 Å². The first kappa shape index (κ1) is 14.9. The van der Waals surface area contributed by atoms with E-state index in [0.29, 0.717) is 6.54 Å². The maximum atomic E-state index is 12.7. The predicted octanol–water partition coefficient (Wildman–Crippen LogP) is 2.94. The van der Waals surface area contributed by atoms with E-state index in [0.717, 1.165) is 17.8 Å². The molecule has 0 aromatic carbocycles. The maximum Gasteiger partial charge on any atom is 0.286 e. The average Bonchev–Trinajstić information content (AvgIpc) is 2.52. The summed E-state index contributed by atoms with van der Waals surface area (Å²) in [5, 5.41) is 3.49. The Kier molecular flexibility index (Phi) is 3.46. The second kappa shape index (κ2) is 5.57. The Morgan fingerprint density at radius 1 is 1.04 bits per heavy atom. The summed E-state index contributed by atoms with van der Waals surface area (Å²) in [6, 6.07) is 2.23. The summed E-state index contributed by atoms with van der Waals surface area (Å²) >= 11 is 0. The Labute approximate surface area is 144 Å². The van der Waals surface area contributed by atoms with E-state index in [1.165, 1.54) is 75.3 Å². The summed E-state index contributed by atoms with van der Waals surface area (Å²) in [4.78, 5) is 12.7. The first-order valence-corrected chi connectivity index (χ1v) is 9.99. The molecule has 0 aliphatic heterocycles. The van der Waals surface area contributed by atoms with Crippen molar-refractivity contribution in [2.45, 2.75) is 76.3 Å². The molecule has 1 heterocycles. The molecule has 0 saturated heterocycles. The lowest BCUT2D eigenvalue weighted by Crippen LogP contribution is -2.61. The Balaban J connectivity index is 1.28. The Morgan fingerprint density at radius 3 is 2.33 bits per heavy atom. The molecule has 4 fully saturated rings. The lowest BCUT2D eigenvalue weighted by molar-refractivity contribution is -0.685. The molecule has 0 radical (unpaired) electrons. The summed E-state index contributed by atoms with van der Waals surface area (Å²) in [7, 11) is 0. The van der Waals surface area contributed by atoms with Gasteiger partial charge in [0.25, 0.3) is 5.91 Å². The number of carbonyl (C=O) groups excluding carboxylic acids is 1. The fourth-order valence-electron chi connectivity index (χ4n) is 6.58. The van der Waals surface area contributed by atoms with Crippen LogP contribution in [-0.4, -0.2) is 11.4 Å². The zero-order valence-corrected chi connectivity index (χ0v) is 14.6. The van der Waals surface area contributed by atoms with Crippen molar-refractivity contribution in [2.75, 3.05) is 0 Å². The van der Waals surface area contributed by atoms with Crippen molar-refractivity contribution >= 4 is 5.91 Å². The maximum absolute atomic E-state index is 12.7. The molecular weight excluding hydrogens is 296 g/mol. The van der Waals surface area contributed by atoms with Crippen LogP contribution in [0, 0.1) is 17.8 Å². The topological polar surface area (TPSA) is 33.0 Å². The van der Waals surface area contributed by atoms with Crippen LogP contribution in [0.3, 0.4) is 0 Å². The third-order valence-corrected chi connectivity index (χ3v) is 7.11. The number of nitrogens with one attached hydrogen (secondary N) is 1. The SMILES string of the molecule is O=C(C[n+]1ccc2c(c1)CCCC2)NC12CC3CC(CC(C3)C1)C2. The Bertz CT molecular complexity index is 631. The highest BCUT2D eigenvalue weighted by Crippen LogP contribution is 2.55. The van der Waals surface area contributed by atoms with Gasteiger partial charge in [0.15, 0.2) is 12.4 Å². The number of hydrogen-bond acceptors (Lipinski definition) is 1. The molecule has 4 saturated carbocycles. The van der Waals surface area contributed by atoms with Gasteiger partial charge in [0, 0.05) is 17.2 Å². The smallest absolute Gasteiger partial charge is 0.286 e. The minimum atomic E-state index is 0.139. The molecule has 1 N–H and O–H groups in total. The number of nitrogens with zero attached hydrogens (tertiary/aromatic N) is 1. The van der Waals surface area contributed by atoms with Crippen LogP contribution in [0.15, 0.2) is 18.5 Å². The fourth-order valence-corrected chi connectivity index (χ4v) is 6.58. The quantitative estimate of drug-likeness (QED) is 0.852. The number of carbonyl (C=O) groups is 1. The minimum absolute atomic E-state index is 0.139. The van der Waals surface area contributed by atoms with Gasteiger partial charge in [0.05, 0.1) is 0 Å². The van der Waals surface area contributed by atoms with E-state index in [9.17, 15) is 4.79 Å². The molecule has 5 aliphatic rings. The van der Waals surface area contributed by atoms with E-state index in [-0.39, 0.29) is 11.4 Å². The van der Waals surface area contributed by atoms with Crippen molar-refractivity contribution in [3.63, 3.8) is 0 Å². The van der Waals surface area contributed by atoms with Crippen LogP contribution in [0.1, 0.15) is 62.5 Å². The standard InChI is InChI=1S/C21H28N2O/c24-20(14-23-6-5-18-3-1-2-4-19(18)13-23)22-21-10-15-7-16(11-21)9-17(8-15)12-21/h5-6,13,15-17H,1-4,7-12,14H2/p+1. The van der Waals surface area contributed by atoms with Crippen LogP contribution < -0.4 is 9.88 Å². The fraction of sp³-hybridized carbons (Fsp3) is 0.714. The third kappa shape index (κ3) is 2.66. The highest BCUT2D eigenvalue weighted by Gasteiger charge is 2.51. The molecule has 0 unspecified atom stereocenters. The summed E-state index contributed by atoms with van der Waals surface area (Å²) in [6.45, 7) is 0.481. The molecule has 6 rings (SSSR count). The van der Waals surface area contributed by atoms with Gasteiger partial charge < -0.3 is 5.32 Å². The number of fused-ring (bicyclic) bond motifs is 1. The molecule has 4 bridgehead atoms. The van der Waals surface area contributed by atoms with Gasteiger partial charge in [0.1, 0.15) is 0 Å². The van der Waals surface area contributed by atoms with E-state index in [1.807, 2.05) is 0 Å². The number of aryl methyl sites for hydroxylation is 2. The molecule has 1 aromatic rings. The summed E-state index contributed by atoms with van der Waals surface area (Å²) in [5.74, 6) is 2.87. The zero-order valence-electron chi connectivity index (χ0n) is 14.6. The highest BCUT2D eigenvalue weighted by molar-refractivity contribution is 5.75. The molecule has 3 nitrogen and oxygen atoms in total. The van der Waals surface area contributed by atoms with Crippen molar-refractivity contribution in [3.05, 3.63) is 29.6 Å². The summed E-state index contributed by atoms with van der Waals surface area (Å²) in [5.41, 5.74) is 3.07. The number of pyridine rings is 1. The van der Waals surface area contributed by atoms with Crippen molar-refractivity contribution in [2.24, 2.45) is 17.8 Å². The minimum Gasteiger partial charge on any atom is -0.345 e. The molecule has 5 aliphatic carbocycles. The summed E-state index contributed by atoms with van der Waals surface area (Å²) in [6.07, 6.45) is 17.3. The van der Waals surface area contributed by atoms with Gasteiger partial charge in [-0.25, -0.2) is 0 Å². The van der Waals surface area contributed by atoms with Crippen LogP contribution in [0.2, 0.25) is 0 Å². The van der Waals surface area contributed by atoms with Gasteiger partial charge in [-0.15, -0.1) is 0 Å². The number of amides is 1. The number of rotatable bonds is 3. The molecule has 3 heteroatoms. The van der Waals surface area contributed by atoms with Crippen molar-refractivity contribution in [1.29, 1.82) is 0 Å². The van der Waals surface area contributed by atoms with Gasteiger partial charge in [-0.3, -0.25) is 4.79 Å². The zero-order chi connectivity index (χ0) is 16.1. The Morgan fingerprint density at radius 2 is 1.67 bits per heavy atom. The van der Waals surface area contributed by atoms with Crippen LogP contribution in [-0.2, 0) is 24.2 Å². The van der Waals surface area contributed by atoms with Crippen LogP contribution in [0.25, 0.3) is 0 Å². The van der Waals surface area contributed by atoms with Gasteiger partial charge >= 0.3 is 0 Å². The van der Waals surface area contributed by atoms with Gasteiger partial charge in [-0.1, -0.05) is 0 Å². The predicted molar refractivity (Wildman–Crippen MR) is 92.3 cm³/mol. The van der Waals surface area contributed by atoms with E-state index in [2.05, 4.69) is 28.3 Å². The number of hydrogen-bond donors (Lipinski definition) is 1. The Hall–Kier alpha value is -1.38. The lowest BCUT2D eigenvalue weighted by atomic mass is 9.53. The lowest BCUT2D eigenvalue weighted by Gasteiger charge is -2.56. The van der Waals surface area contributed by atoms with Gasteiger partial charge in [-0.2, -0.15) is 4.57 Å². The third-order valence-electron chi connectivity index (χ3n) is 7.11. The summed E-state index contributed by atoms with van der Waals surface area (Å²) < 4.78 is 2.10. The normalized spacial score (nSPS) is 36.4. The molecule has 128 valence electrons. The first-order chi connectivity index (χ1) is 11.7.